The fraction of sp³-hybridized carbons (Fsp3) is 0. The molecule has 15 aromatic carbocycles. The topological polar surface area (TPSA) is 3.24 Å². The molecular formula is C74H47N. The third kappa shape index (κ3) is 6.93. The van der Waals surface area contributed by atoms with Crippen LogP contribution in [0.2, 0.25) is 0 Å². The Labute approximate surface area is 436 Å². The van der Waals surface area contributed by atoms with Crippen LogP contribution in [0.25, 0.3) is 131 Å². The lowest BCUT2D eigenvalue weighted by molar-refractivity contribution is 1.30. The van der Waals surface area contributed by atoms with Crippen LogP contribution in [0.15, 0.2) is 285 Å². The first kappa shape index (κ1) is 42.8. The van der Waals surface area contributed by atoms with Gasteiger partial charge in [0.25, 0.3) is 0 Å². The summed E-state index contributed by atoms with van der Waals surface area (Å²) in [4.78, 5) is 2.43. The highest BCUT2D eigenvalue weighted by Crippen LogP contribution is 2.57. The van der Waals surface area contributed by atoms with Gasteiger partial charge in [0.15, 0.2) is 0 Å². The van der Waals surface area contributed by atoms with Gasteiger partial charge in [0, 0.05) is 16.8 Å². The number of nitrogens with zero attached hydrogens (tertiary/aromatic N) is 1. The zero-order valence-electron chi connectivity index (χ0n) is 41.1. The van der Waals surface area contributed by atoms with Crippen molar-refractivity contribution in [3.05, 3.63) is 285 Å². The van der Waals surface area contributed by atoms with Crippen LogP contribution in [0.5, 0.6) is 0 Å². The molecule has 1 heteroatoms. The van der Waals surface area contributed by atoms with E-state index >= 15 is 0 Å². The summed E-state index contributed by atoms with van der Waals surface area (Å²) in [6.07, 6.45) is 0. The highest BCUT2D eigenvalue weighted by Gasteiger charge is 2.29. The molecule has 0 heterocycles. The Hall–Kier alpha value is -9.82. The SMILES string of the molecule is c1ccc(-c2cc(-c3ccccc3)cc(-c3c4c5cccc6cccc(c4c(-c4cc(-c7ccccc7)cc(-c7ccccc7)c4)c4c7ccc(N(c8ccccc8)c8ccccc8)c8cccc(c34)c87)c65)c2)cc1. The van der Waals surface area contributed by atoms with E-state index in [1.54, 1.807) is 0 Å². The number of anilines is 3. The second-order valence-electron chi connectivity index (χ2n) is 19.9. The van der Waals surface area contributed by atoms with Crippen molar-refractivity contribution in [3.63, 3.8) is 0 Å². The third-order valence-corrected chi connectivity index (χ3v) is 15.6. The summed E-state index contributed by atoms with van der Waals surface area (Å²) in [5.41, 5.74) is 17.8. The monoisotopic (exact) mass is 949 g/mol. The van der Waals surface area contributed by atoms with Crippen molar-refractivity contribution < 1.29 is 0 Å². The maximum absolute atomic E-state index is 2.46. The Morgan fingerprint density at radius 2 is 0.493 bits per heavy atom. The Morgan fingerprint density at radius 3 is 0.880 bits per heavy atom. The second-order valence-corrected chi connectivity index (χ2v) is 19.9. The quantitative estimate of drug-likeness (QED) is 0.139. The number of hydrogen-bond acceptors (Lipinski definition) is 1. The number of fused-ring (bicyclic) bond motifs is 6. The largest absolute Gasteiger partial charge is 0.310 e. The molecule has 0 aromatic heterocycles. The first-order chi connectivity index (χ1) is 37.2. The zero-order chi connectivity index (χ0) is 49.4. The Balaban J connectivity index is 1.17. The van der Waals surface area contributed by atoms with Crippen molar-refractivity contribution in [3.8, 4) is 66.8 Å². The second kappa shape index (κ2) is 17.4. The Morgan fingerprint density at radius 1 is 0.187 bits per heavy atom. The third-order valence-electron chi connectivity index (χ3n) is 15.6. The van der Waals surface area contributed by atoms with Gasteiger partial charge >= 0.3 is 0 Å². The van der Waals surface area contributed by atoms with E-state index in [1.807, 2.05) is 0 Å². The summed E-state index contributed by atoms with van der Waals surface area (Å²) in [5.74, 6) is 0. The van der Waals surface area contributed by atoms with Crippen LogP contribution in [-0.2, 0) is 0 Å². The minimum absolute atomic E-state index is 1.11. The van der Waals surface area contributed by atoms with Crippen molar-refractivity contribution in [1.82, 2.24) is 0 Å². The molecule has 0 radical (unpaired) electrons. The molecule has 0 aliphatic heterocycles. The first-order valence-electron chi connectivity index (χ1n) is 26.0. The van der Waals surface area contributed by atoms with Crippen LogP contribution in [0.1, 0.15) is 0 Å². The Bertz CT molecular complexity index is 4220. The van der Waals surface area contributed by atoms with Crippen LogP contribution < -0.4 is 4.90 Å². The minimum Gasteiger partial charge on any atom is -0.310 e. The van der Waals surface area contributed by atoms with E-state index in [9.17, 15) is 0 Å². The van der Waals surface area contributed by atoms with E-state index in [2.05, 4.69) is 290 Å². The molecule has 15 rings (SSSR count). The maximum Gasteiger partial charge on any atom is 0.0540 e. The fourth-order valence-electron chi connectivity index (χ4n) is 12.5. The molecule has 0 atom stereocenters. The molecule has 0 N–H and O–H groups in total. The number of rotatable bonds is 9. The normalized spacial score (nSPS) is 11.7. The summed E-state index contributed by atoms with van der Waals surface area (Å²) in [6.45, 7) is 0. The van der Waals surface area contributed by atoms with Crippen molar-refractivity contribution in [1.29, 1.82) is 0 Å². The zero-order valence-corrected chi connectivity index (χ0v) is 41.1. The molecule has 1 nitrogen and oxygen atoms in total. The molecule has 0 amide bonds. The molecule has 0 saturated heterocycles. The molecule has 75 heavy (non-hydrogen) atoms. The highest BCUT2D eigenvalue weighted by molar-refractivity contribution is 6.47. The first-order valence-corrected chi connectivity index (χ1v) is 26.0. The van der Waals surface area contributed by atoms with Crippen LogP contribution in [0.4, 0.5) is 17.1 Å². The average Bonchev–Trinajstić information content (AvgIpc) is 4.20. The lowest BCUT2D eigenvalue weighted by atomic mass is 9.84. The van der Waals surface area contributed by atoms with Gasteiger partial charge in [-0.15, -0.1) is 0 Å². The summed E-state index contributed by atoms with van der Waals surface area (Å²) >= 11 is 0. The molecular weight excluding hydrogens is 903 g/mol. The standard InChI is InChI=1S/C74H47N/c1-7-22-48(23-8-1)53-42-54(49-24-9-2-10-25-49)45-57(44-53)68-71-62-37-19-30-52-31-20-38-63(67(52)62)72(71)69(58-46-55(50-26-11-3-12-27-50)43-56(47-58)51-28-13-4-14-29-51)74-65-40-41-66(61-36-21-39-64(70(61)65)73(68)74)75(59-32-15-5-16-33-59)60-34-17-6-18-35-60/h1-47H. The van der Waals surface area contributed by atoms with Crippen molar-refractivity contribution in [2.75, 3.05) is 4.90 Å². The van der Waals surface area contributed by atoms with Gasteiger partial charge in [0.1, 0.15) is 0 Å². The number of benzene rings is 13. The molecule has 0 fully saturated rings. The van der Waals surface area contributed by atoms with E-state index in [1.165, 1.54) is 131 Å². The average molecular weight is 950 g/mol. The predicted octanol–water partition coefficient (Wildman–Crippen LogP) is 21.0. The van der Waals surface area contributed by atoms with E-state index in [0.29, 0.717) is 0 Å². The van der Waals surface area contributed by atoms with Gasteiger partial charge in [-0.3, -0.25) is 0 Å². The fourth-order valence-corrected chi connectivity index (χ4v) is 12.5. The Kier molecular flexibility index (Phi) is 9.96. The summed E-state index contributed by atoms with van der Waals surface area (Å²) in [5, 5.41) is 15.2. The number of hydrogen-bond donors (Lipinski definition) is 0. The van der Waals surface area contributed by atoms with Crippen LogP contribution in [0, 0.1) is 0 Å². The van der Waals surface area contributed by atoms with Crippen LogP contribution in [-0.4, -0.2) is 0 Å². The van der Waals surface area contributed by atoms with Crippen LogP contribution >= 0.6 is 0 Å². The van der Waals surface area contributed by atoms with Crippen LogP contribution in [0.3, 0.4) is 0 Å². The molecule has 0 saturated carbocycles. The van der Waals surface area contributed by atoms with Gasteiger partial charge < -0.3 is 4.90 Å². The van der Waals surface area contributed by atoms with Crippen molar-refractivity contribution in [2.24, 2.45) is 0 Å². The van der Waals surface area contributed by atoms with Gasteiger partial charge in [0.05, 0.1) is 5.69 Å². The van der Waals surface area contributed by atoms with E-state index in [-0.39, 0.29) is 0 Å². The van der Waals surface area contributed by atoms with E-state index in [0.717, 1.165) is 17.1 Å². The maximum atomic E-state index is 2.46. The van der Waals surface area contributed by atoms with Gasteiger partial charge in [-0.05, 0) is 193 Å². The van der Waals surface area contributed by atoms with Gasteiger partial charge in [-0.25, -0.2) is 0 Å². The molecule has 348 valence electrons. The predicted molar refractivity (Wildman–Crippen MR) is 321 cm³/mol. The molecule has 0 aliphatic carbocycles. The summed E-state index contributed by atoms with van der Waals surface area (Å²) in [6, 6.07) is 106. The molecule has 0 bridgehead atoms. The lowest BCUT2D eigenvalue weighted by Crippen LogP contribution is -2.10. The van der Waals surface area contributed by atoms with Gasteiger partial charge in [-0.1, -0.05) is 218 Å². The molecule has 0 spiro atoms. The highest BCUT2D eigenvalue weighted by atomic mass is 15.1. The lowest BCUT2D eigenvalue weighted by Gasteiger charge is -2.27. The molecule has 0 aliphatic rings. The number of para-hydroxylation sites is 2. The van der Waals surface area contributed by atoms with Crippen molar-refractivity contribution >= 4 is 81.7 Å². The van der Waals surface area contributed by atoms with E-state index in [4.69, 9.17) is 0 Å². The minimum atomic E-state index is 1.11. The molecule has 15 aromatic rings. The molecule has 0 unspecified atom stereocenters. The van der Waals surface area contributed by atoms with Crippen molar-refractivity contribution in [2.45, 2.75) is 0 Å². The summed E-state index contributed by atoms with van der Waals surface area (Å²) in [7, 11) is 0. The summed E-state index contributed by atoms with van der Waals surface area (Å²) < 4.78 is 0. The van der Waals surface area contributed by atoms with E-state index < -0.39 is 0 Å². The smallest absolute Gasteiger partial charge is 0.0540 e. The van der Waals surface area contributed by atoms with Gasteiger partial charge in [0.2, 0.25) is 0 Å². The van der Waals surface area contributed by atoms with Gasteiger partial charge in [-0.2, -0.15) is 0 Å².